The predicted octanol–water partition coefficient (Wildman–Crippen LogP) is 2.56. The molecule has 20 heavy (non-hydrogen) atoms. The molecule has 0 aromatic heterocycles. The van der Waals surface area contributed by atoms with Gasteiger partial charge in [-0.05, 0) is 35.9 Å². The van der Waals surface area contributed by atoms with E-state index in [0.717, 1.165) is 13.1 Å². The molecule has 0 bridgehead atoms. The van der Waals surface area contributed by atoms with Crippen LogP contribution in [0.25, 0.3) is 0 Å². The Morgan fingerprint density at radius 2 is 1.90 bits per heavy atom. The topological polar surface area (TPSA) is 32.3 Å². The summed E-state index contributed by atoms with van der Waals surface area (Å²) < 4.78 is 0. The van der Waals surface area contributed by atoms with E-state index in [-0.39, 0.29) is 5.91 Å². The van der Waals surface area contributed by atoms with Crippen LogP contribution in [-0.2, 0) is 19.6 Å². The lowest BCUT2D eigenvalue weighted by atomic mass is 10.0. The third-order valence-electron chi connectivity index (χ3n) is 3.71. The number of carbonyl (C=O) groups excluding carboxylic acids is 1. The Morgan fingerprint density at radius 3 is 2.70 bits per heavy atom. The largest absolute Gasteiger partial charge is 0.348 e. The molecular formula is C17H18N2O. The molecule has 0 saturated carbocycles. The molecule has 0 fully saturated rings. The summed E-state index contributed by atoms with van der Waals surface area (Å²) in [5.74, 6) is -0.0189. The van der Waals surface area contributed by atoms with Crippen LogP contribution in [0.15, 0.2) is 48.5 Å². The molecule has 2 aromatic rings. The van der Waals surface area contributed by atoms with Crippen LogP contribution in [-0.4, -0.2) is 17.9 Å². The van der Waals surface area contributed by atoms with Crippen LogP contribution in [0, 0.1) is 0 Å². The molecule has 1 aliphatic rings. The molecule has 0 spiro atoms. The van der Waals surface area contributed by atoms with E-state index >= 15 is 0 Å². The highest BCUT2D eigenvalue weighted by molar-refractivity contribution is 5.94. The second-order valence-electron chi connectivity index (χ2n) is 5.28. The molecule has 0 aliphatic carbocycles. The quantitative estimate of drug-likeness (QED) is 0.926. The zero-order chi connectivity index (χ0) is 13.9. The van der Waals surface area contributed by atoms with Gasteiger partial charge in [0.25, 0.3) is 5.91 Å². The van der Waals surface area contributed by atoms with Crippen molar-refractivity contribution in [3.05, 3.63) is 70.8 Å². The number of benzene rings is 2. The van der Waals surface area contributed by atoms with Gasteiger partial charge in [-0.3, -0.25) is 9.69 Å². The van der Waals surface area contributed by atoms with Crippen molar-refractivity contribution in [1.29, 1.82) is 0 Å². The standard InChI is InChI=1S/C17H18N2O/c1-19-11-15-9-5-8-14(16(15)12-19)10-18-17(20)13-6-3-2-4-7-13/h2-9H,10-12H2,1H3,(H,18,20). The van der Waals surface area contributed by atoms with E-state index in [1.165, 1.54) is 16.7 Å². The third kappa shape index (κ3) is 2.58. The van der Waals surface area contributed by atoms with E-state index in [4.69, 9.17) is 0 Å². The van der Waals surface area contributed by atoms with Crippen molar-refractivity contribution < 1.29 is 4.79 Å². The zero-order valence-electron chi connectivity index (χ0n) is 11.6. The van der Waals surface area contributed by atoms with Crippen LogP contribution >= 0.6 is 0 Å². The molecule has 1 aliphatic heterocycles. The minimum Gasteiger partial charge on any atom is -0.348 e. The first kappa shape index (κ1) is 12.9. The van der Waals surface area contributed by atoms with Crippen LogP contribution < -0.4 is 5.32 Å². The number of hydrogen-bond acceptors (Lipinski definition) is 2. The number of nitrogens with one attached hydrogen (secondary N) is 1. The molecule has 3 rings (SSSR count). The van der Waals surface area contributed by atoms with Crippen molar-refractivity contribution in [3.63, 3.8) is 0 Å². The van der Waals surface area contributed by atoms with Gasteiger partial charge < -0.3 is 5.32 Å². The van der Waals surface area contributed by atoms with Crippen LogP contribution in [0.4, 0.5) is 0 Å². The number of hydrogen-bond donors (Lipinski definition) is 1. The first-order chi connectivity index (χ1) is 9.74. The van der Waals surface area contributed by atoms with Crippen molar-refractivity contribution in [3.8, 4) is 0 Å². The fourth-order valence-electron chi connectivity index (χ4n) is 2.69. The monoisotopic (exact) mass is 266 g/mol. The molecule has 102 valence electrons. The summed E-state index contributed by atoms with van der Waals surface area (Å²) in [7, 11) is 2.12. The van der Waals surface area contributed by atoms with Crippen molar-refractivity contribution >= 4 is 5.91 Å². The maximum atomic E-state index is 12.1. The minimum atomic E-state index is -0.0189. The molecule has 1 N–H and O–H groups in total. The summed E-state index contributed by atoms with van der Waals surface area (Å²) in [6, 6.07) is 15.7. The third-order valence-corrected chi connectivity index (χ3v) is 3.71. The van der Waals surface area contributed by atoms with Gasteiger partial charge in [-0.1, -0.05) is 36.4 Å². The van der Waals surface area contributed by atoms with Crippen molar-refractivity contribution in [2.75, 3.05) is 7.05 Å². The summed E-state index contributed by atoms with van der Waals surface area (Å²) in [4.78, 5) is 14.3. The molecule has 1 heterocycles. The van der Waals surface area contributed by atoms with Gasteiger partial charge in [0.15, 0.2) is 0 Å². The Hall–Kier alpha value is -2.13. The first-order valence-electron chi connectivity index (χ1n) is 6.85. The number of rotatable bonds is 3. The minimum absolute atomic E-state index is 0.0189. The molecular weight excluding hydrogens is 248 g/mol. The van der Waals surface area contributed by atoms with Gasteiger partial charge in [0.1, 0.15) is 0 Å². The van der Waals surface area contributed by atoms with Gasteiger partial charge in [-0.25, -0.2) is 0 Å². The van der Waals surface area contributed by atoms with Crippen molar-refractivity contribution in [2.45, 2.75) is 19.6 Å². The summed E-state index contributed by atoms with van der Waals surface area (Å²) in [6.45, 7) is 2.55. The van der Waals surface area contributed by atoms with Crippen molar-refractivity contribution in [1.82, 2.24) is 10.2 Å². The second-order valence-corrected chi connectivity index (χ2v) is 5.28. The molecule has 3 heteroatoms. The smallest absolute Gasteiger partial charge is 0.251 e. The normalized spacial score (nSPS) is 14.1. The average Bonchev–Trinajstić information content (AvgIpc) is 2.86. The lowest BCUT2D eigenvalue weighted by Gasteiger charge is -2.10. The fraction of sp³-hybridized carbons (Fsp3) is 0.235. The highest BCUT2D eigenvalue weighted by atomic mass is 16.1. The van der Waals surface area contributed by atoms with E-state index in [1.807, 2.05) is 30.3 Å². The highest BCUT2D eigenvalue weighted by Crippen LogP contribution is 2.24. The average molecular weight is 266 g/mol. The molecule has 1 amide bonds. The van der Waals surface area contributed by atoms with Gasteiger partial charge in [-0.15, -0.1) is 0 Å². The molecule has 0 unspecified atom stereocenters. The maximum absolute atomic E-state index is 12.1. The Balaban J connectivity index is 1.71. The van der Waals surface area contributed by atoms with Gasteiger partial charge >= 0.3 is 0 Å². The van der Waals surface area contributed by atoms with E-state index in [9.17, 15) is 4.79 Å². The second kappa shape index (κ2) is 5.47. The molecule has 3 nitrogen and oxygen atoms in total. The Labute approximate surface area is 119 Å². The van der Waals surface area contributed by atoms with Crippen molar-refractivity contribution in [2.24, 2.45) is 0 Å². The van der Waals surface area contributed by atoms with E-state index in [2.05, 4.69) is 35.5 Å². The van der Waals surface area contributed by atoms with Crippen LogP contribution in [0.2, 0.25) is 0 Å². The van der Waals surface area contributed by atoms with Crippen LogP contribution in [0.5, 0.6) is 0 Å². The van der Waals surface area contributed by atoms with Crippen LogP contribution in [0.3, 0.4) is 0 Å². The van der Waals surface area contributed by atoms with E-state index in [1.54, 1.807) is 0 Å². The Bertz CT molecular complexity index is 622. The summed E-state index contributed by atoms with van der Waals surface area (Å²) >= 11 is 0. The highest BCUT2D eigenvalue weighted by Gasteiger charge is 2.18. The maximum Gasteiger partial charge on any atom is 0.251 e. The lowest BCUT2D eigenvalue weighted by Crippen LogP contribution is -2.23. The molecule has 0 radical (unpaired) electrons. The SMILES string of the molecule is CN1Cc2cccc(CNC(=O)c3ccccc3)c2C1. The van der Waals surface area contributed by atoms with Gasteiger partial charge in [0, 0.05) is 25.2 Å². The first-order valence-corrected chi connectivity index (χ1v) is 6.85. The van der Waals surface area contributed by atoms with E-state index in [0.29, 0.717) is 12.1 Å². The number of amides is 1. The Kier molecular flexibility index (Phi) is 3.52. The number of carbonyl (C=O) groups is 1. The number of nitrogens with zero attached hydrogens (tertiary/aromatic N) is 1. The van der Waals surface area contributed by atoms with Gasteiger partial charge in [0.05, 0.1) is 0 Å². The molecule has 2 aromatic carbocycles. The lowest BCUT2D eigenvalue weighted by molar-refractivity contribution is 0.0951. The van der Waals surface area contributed by atoms with Gasteiger partial charge in [-0.2, -0.15) is 0 Å². The molecule has 0 saturated heterocycles. The predicted molar refractivity (Wildman–Crippen MR) is 79.2 cm³/mol. The van der Waals surface area contributed by atoms with E-state index < -0.39 is 0 Å². The summed E-state index contributed by atoms with van der Waals surface area (Å²) in [6.07, 6.45) is 0. The molecule has 0 atom stereocenters. The summed E-state index contributed by atoms with van der Waals surface area (Å²) in [5, 5.41) is 3.00. The Morgan fingerprint density at radius 1 is 1.10 bits per heavy atom. The summed E-state index contributed by atoms with van der Waals surface area (Å²) in [5.41, 5.74) is 4.66. The fourth-order valence-corrected chi connectivity index (χ4v) is 2.69. The zero-order valence-corrected chi connectivity index (χ0v) is 11.6. The number of fused-ring (bicyclic) bond motifs is 1. The van der Waals surface area contributed by atoms with Crippen LogP contribution in [0.1, 0.15) is 27.0 Å². The van der Waals surface area contributed by atoms with Gasteiger partial charge in [0.2, 0.25) is 0 Å².